The van der Waals surface area contributed by atoms with E-state index >= 15 is 0 Å². The zero-order valence-electron chi connectivity index (χ0n) is 14.4. The summed E-state index contributed by atoms with van der Waals surface area (Å²) in [6.07, 6.45) is 5.61. The van der Waals surface area contributed by atoms with Crippen molar-refractivity contribution in [2.24, 2.45) is 5.92 Å². The fourth-order valence-corrected chi connectivity index (χ4v) is 4.28. The van der Waals surface area contributed by atoms with Gasteiger partial charge in [-0.2, -0.15) is 0 Å². The number of nitrogens with one attached hydrogen (secondary N) is 1. The minimum absolute atomic E-state index is 0.0429. The van der Waals surface area contributed by atoms with Crippen LogP contribution >= 0.6 is 0 Å². The summed E-state index contributed by atoms with van der Waals surface area (Å²) in [4.78, 5) is 14.4. The van der Waals surface area contributed by atoms with Crippen molar-refractivity contribution in [2.45, 2.75) is 76.9 Å². The quantitative estimate of drug-likeness (QED) is 0.813. The summed E-state index contributed by atoms with van der Waals surface area (Å²) in [7, 11) is 1.50. The van der Waals surface area contributed by atoms with Crippen molar-refractivity contribution in [1.29, 1.82) is 0 Å². The van der Waals surface area contributed by atoms with E-state index in [1.165, 1.54) is 26.4 Å². The number of methoxy groups -OCH3 is 1. The highest BCUT2D eigenvalue weighted by atomic mass is 16.5. The number of esters is 1. The third-order valence-electron chi connectivity index (χ3n) is 5.47. The lowest BCUT2D eigenvalue weighted by Gasteiger charge is -2.54. The molecule has 0 aromatic heterocycles. The molecule has 0 spiro atoms. The normalized spacial score (nSPS) is 32.6. The largest absolute Gasteiger partial charge is 0.469 e. The second-order valence-electron chi connectivity index (χ2n) is 7.98. The molecule has 0 unspecified atom stereocenters. The standard InChI is InChI=1S/C17H32N2O2/c1-16(2)8-6-9-17(3,4)19(16)12-14-11-13(7-10-18-14)15(20)21-5/h13-14,18H,6-12H2,1-5H3/t13-,14-/m1/s1. The van der Waals surface area contributed by atoms with E-state index in [9.17, 15) is 4.79 Å². The Morgan fingerprint density at radius 2 is 1.86 bits per heavy atom. The summed E-state index contributed by atoms with van der Waals surface area (Å²) < 4.78 is 4.93. The molecule has 0 aliphatic carbocycles. The van der Waals surface area contributed by atoms with E-state index < -0.39 is 0 Å². The first kappa shape index (κ1) is 16.8. The van der Waals surface area contributed by atoms with Crippen LogP contribution in [0.5, 0.6) is 0 Å². The van der Waals surface area contributed by atoms with Crippen LogP contribution < -0.4 is 5.32 Å². The molecule has 2 fully saturated rings. The van der Waals surface area contributed by atoms with Gasteiger partial charge in [0, 0.05) is 23.7 Å². The van der Waals surface area contributed by atoms with Crippen molar-refractivity contribution in [1.82, 2.24) is 10.2 Å². The minimum atomic E-state index is -0.0429. The molecule has 2 heterocycles. The van der Waals surface area contributed by atoms with E-state index in [4.69, 9.17) is 4.74 Å². The van der Waals surface area contributed by atoms with Gasteiger partial charge in [-0.1, -0.05) is 0 Å². The second kappa shape index (κ2) is 6.25. The van der Waals surface area contributed by atoms with Gasteiger partial charge in [-0.3, -0.25) is 9.69 Å². The van der Waals surface area contributed by atoms with E-state index in [1.54, 1.807) is 0 Å². The lowest BCUT2D eigenvalue weighted by atomic mass is 9.79. The number of carbonyl (C=O) groups is 1. The molecule has 0 aromatic rings. The Morgan fingerprint density at radius 1 is 1.24 bits per heavy atom. The van der Waals surface area contributed by atoms with Crippen molar-refractivity contribution >= 4 is 5.97 Å². The number of ether oxygens (including phenoxy) is 1. The van der Waals surface area contributed by atoms with Crippen LogP contribution in [0.25, 0.3) is 0 Å². The zero-order chi connectivity index (χ0) is 15.7. The molecule has 21 heavy (non-hydrogen) atoms. The van der Waals surface area contributed by atoms with Gasteiger partial charge in [-0.25, -0.2) is 0 Å². The van der Waals surface area contributed by atoms with Crippen LogP contribution in [0.2, 0.25) is 0 Å². The number of piperidine rings is 2. The molecule has 0 saturated carbocycles. The average molecular weight is 296 g/mol. The zero-order valence-corrected chi connectivity index (χ0v) is 14.4. The average Bonchev–Trinajstić information content (AvgIpc) is 2.42. The highest BCUT2D eigenvalue weighted by molar-refractivity contribution is 5.72. The molecule has 1 N–H and O–H groups in total. The number of carbonyl (C=O) groups excluding carboxylic acids is 1. The highest BCUT2D eigenvalue weighted by Gasteiger charge is 2.42. The smallest absolute Gasteiger partial charge is 0.308 e. The van der Waals surface area contributed by atoms with E-state index in [-0.39, 0.29) is 23.0 Å². The lowest BCUT2D eigenvalue weighted by Crippen LogP contribution is -2.62. The van der Waals surface area contributed by atoms with E-state index in [1.807, 2.05) is 0 Å². The Balaban J connectivity index is 2.03. The summed E-state index contributed by atoms with van der Waals surface area (Å²) >= 11 is 0. The fourth-order valence-electron chi connectivity index (χ4n) is 4.28. The Bertz CT molecular complexity index is 363. The van der Waals surface area contributed by atoms with Crippen molar-refractivity contribution in [3.05, 3.63) is 0 Å². The molecule has 122 valence electrons. The molecule has 2 aliphatic heterocycles. The van der Waals surface area contributed by atoms with E-state index in [0.717, 1.165) is 25.9 Å². The summed E-state index contributed by atoms with van der Waals surface area (Å²) in [6.45, 7) is 11.4. The van der Waals surface area contributed by atoms with Gasteiger partial charge in [-0.15, -0.1) is 0 Å². The van der Waals surface area contributed by atoms with Crippen LogP contribution in [-0.4, -0.2) is 48.2 Å². The first-order valence-corrected chi connectivity index (χ1v) is 8.35. The first-order valence-electron chi connectivity index (χ1n) is 8.35. The molecule has 4 nitrogen and oxygen atoms in total. The molecular formula is C17H32N2O2. The van der Waals surface area contributed by atoms with Crippen molar-refractivity contribution in [3.63, 3.8) is 0 Å². The van der Waals surface area contributed by atoms with Gasteiger partial charge < -0.3 is 10.1 Å². The van der Waals surface area contributed by atoms with Crippen LogP contribution in [0.15, 0.2) is 0 Å². The maximum absolute atomic E-state index is 11.8. The number of nitrogens with zero attached hydrogens (tertiary/aromatic N) is 1. The predicted octanol–water partition coefficient (Wildman–Crippen LogP) is 2.57. The van der Waals surface area contributed by atoms with Gasteiger partial charge in [0.05, 0.1) is 13.0 Å². The third kappa shape index (κ3) is 3.78. The van der Waals surface area contributed by atoms with Gasteiger partial charge in [0.2, 0.25) is 0 Å². The molecule has 0 aromatic carbocycles. The number of likely N-dealkylation sites (tertiary alicyclic amines) is 1. The number of hydrogen-bond acceptors (Lipinski definition) is 4. The monoisotopic (exact) mass is 296 g/mol. The predicted molar refractivity (Wildman–Crippen MR) is 85.2 cm³/mol. The van der Waals surface area contributed by atoms with Crippen molar-refractivity contribution < 1.29 is 9.53 Å². The number of hydrogen-bond donors (Lipinski definition) is 1. The summed E-state index contributed by atoms with van der Waals surface area (Å²) in [5.41, 5.74) is 0.475. The minimum Gasteiger partial charge on any atom is -0.469 e. The van der Waals surface area contributed by atoms with Crippen molar-refractivity contribution in [2.75, 3.05) is 20.2 Å². The molecular weight excluding hydrogens is 264 g/mol. The molecule has 4 heteroatoms. The Morgan fingerprint density at radius 3 is 2.43 bits per heavy atom. The van der Waals surface area contributed by atoms with Gasteiger partial charge in [-0.05, 0) is 66.3 Å². The van der Waals surface area contributed by atoms with E-state index in [2.05, 4.69) is 37.9 Å². The number of rotatable bonds is 3. The summed E-state index contributed by atoms with van der Waals surface area (Å²) in [6, 6.07) is 0.388. The van der Waals surface area contributed by atoms with Crippen LogP contribution in [0.4, 0.5) is 0 Å². The Kier molecular flexibility index (Phi) is 4.99. The molecule has 0 bridgehead atoms. The highest BCUT2D eigenvalue weighted by Crippen LogP contribution is 2.38. The summed E-state index contributed by atoms with van der Waals surface area (Å²) in [5, 5.41) is 3.60. The van der Waals surface area contributed by atoms with Crippen LogP contribution in [-0.2, 0) is 9.53 Å². The molecule has 2 aliphatic rings. The third-order valence-corrected chi connectivity index (χ3v) is 5.47. The van der Waals surface area contributed by atoms with Gasteiger partial charge in [0.25, 0.3) is 0 Å². The lowest BCUT2D eigenvalue weighted by molar-refractivity contribution is -0.146. The molecule has 2 rings (SSSR count). The Hall–Kier alpha value is -0.610. The second-order valence-corrected chi connectivity index (χ2v) is 7.98. The maximum Gasteiger partial charge on any atom is 0.308 e. The van der Waals surface area contributed by atoms with Crippen molar-refractivity contribution in [3.8, 4) is 0 Å². The maximum atomic E-state index is 11.8. The van der Waals surface area contributed by atoms with E-state index in [0.29, 0.717) is 6.04 Å². The molecule has 0 amide bonds. The summed E-state index contributed by atoms with van der Waals surface area (Å²) in [5.74, 6) is 0.0240. The first-order chi connectivity index (χ1) is 9.76. The van der Waals surface area contributed by atoms with Crippen LogP contribution in [0, 0.1) is 5.92 Å². The molecule has 2 atom stereocenters. The topological polar surface area (TPSA) is 41.6 Å². The molecule has 2 saturated heterocycles. The van der Waals surface area contributed by atoms with Gasteiger partial charge in [0.15, 0.2) is 0 Å². The Labute approximate surface area is 129 Å². The fraction of sp³-hybridized carbons (Fsp3) is 0.941. The van der Waals surface area contributed by atoms with Gasteiger partial charge >= 0.3 is 5.97 Å². The van der Waals surface area contributed by atoms with Crippen LogP contribution in [0.1, 0.15) is 59.8 Å². The van der Waals surface area contributed by atoms with Gasteiger partial charge in [0.1, 0.15) is 0 Å². The van der Waals surface area contributed by atoms with Crippen LogP contribution in [0.3, 0.4) is 0 Å². The molecule has 0 radical (unpaired) electrons. The SMILES string of the molecule is COC(=O)[C@@H]1CCN[C@@H](CN2C(C)(C)CCCC2(C)C)C1.